The predicted octanol–water partition coefficient (Wildman–Crippen LogP) is 1.04. The normalized spacial score (nSPS) is 16.2. The van der Waals surface area contributed by atoms with Crippen LogP contribution in [0.3, 0.4) is 0 Å². The van der Waals surface area contributed by atoms with Crippen molar-refractivity contribution < 1.29 is 9.90 Å². The number of phenols is 1. The van der Waals surface area contributed by atoms with Crippen LogP contribution in [0.25, 0.3) is 0 Å². The Morgan fingerprint density at radius 1 is 1.38 bits per heavy atom. The van der Waals surface area contributed by atoms with Crippen molar-refractivity contribution >= 4 is 28.5 Å². The maximum Gasteiger partial charge on any atom is 0.254 e. The zero-order valence-corrected chi connectivity index (χ0v) is 10.9. The van der Waals surface area contributed by atoms with Gasteiger partial charge in [-0.2, -0.15) is 0 Å². The highest BCUT2D eigenvalue weighted by atomic mass is 127. The lowest BCUT2D eigenvalue weighted by atomic mass is 10.2. The highest BCUT2D eigenvalue weighted by Gasteiger charge is 2.18. The third-order valence-corrected chi connectivity index (χ3v) is 3.51. The molecule has 2 rings (SSSR count). The summed E-state index contributed by atoms with van der Waals surface area (Å²) in [6.07, 6.45) is 0. The fourth-order valence-electron chi connectivity index (χ4n) is 1.70. The summed E-state index contributed by atoms with van der Waals surface area (Å²) in [5.41, 5.74) is 0.555. The number of nitrogens with one attached hydrogen (secondary N) is 1. The molecule has 0 bridgehead atoms. The lowest BCUT2D eigenvalue weighted by Crippen LogP contribution is -2.46. The van der Waals surface area contributed by atoms with Crippen molar-refractivity contribution in [1.82, 2.24) is 10.2 Å². The minimum absolute atomic E-state index is 0.00630. The number of phenolic OH excluding ortho intramolecular Hbond substituents is 1. The summed E-state index contributed by atoms with van der Waals surface area (Å²) >= 11 is 2.03. The van der Waals surface area contributed by atoms with Crippen molar-refractivity contribution in [1.29, 1.82) is 0 Å². The van der Waals surface area contributed by atoms with Gasteiger partial charge in [0, 0.05) is 31.7 Å². The maximum absolute atomic E-state index is 12.0. The van der Waals surface area contributed by atoms with Crippen molar-refractivity contribution in [2.75, 3.05) is 26.2 Å². The van der Waals surface area contributed by atoms with E-state index in [4.69, 9.17) is 0 Å². The van der Waals surface area contributed by atoms with Gasteiger partial charge in [0.05, 0.1) is 3.57 Å². The number of nitrogens with zero attached hydrogens (tertiary/aromatic N) is 1. The highest BCUT2D eigenvalue weighted by Crippen LogP contribution is 2.21. The molecule has 0 unspecified atom stereocenters. The van der Waals surface area contributed by atoms with Crippen LogP contribution >= 0.6 is 22.6 Å². The summed E-state index contributed by atoms with van der Waals surface area (Å²) < 4.78 is 0.759. The summed E-state index contributed by atoms with van der Waals surface area (Å²) in [6, 6.07) is 5.04. The third-order valence-electron chi connectivity index (χ3n) is 2.60. The number of halogens is 1. The van der Waals surface area contributed by atoms with Crippen molar-refractivity contribution in [2.45, 2.75) is 0 Å². The molecule has 1 heterocycles. The first-order valence-electron chi connectivity index (χ1n) is 5.17. The van der Waals surface area contributed by atoms with E-state index in [1.165, 1.54) is 6.07 Å². The fourth-order valence-corrected chi connectivity index (χ4v) is 2.03. The summed E-state index contributed by atoms with van der Waals surface area (Å²) in [4.78, 5) is 13.9. The Morgan fingerprint density at radius 2 is 2.06 bits per heavy atom. The molecule has 1 aliphatic heterocycles. The van der Waals surface area contributed by atoms with Gasteiger partial charge < -0.3 is 15.3 Å². The number of hydrogen-bond donors (Lipinski definition) is 2. The van der Waals surface area contributed by atoms with E-state index >= 15 is 0 Å². The van der Waals surface area contributed by atoms with Gasteiger partial charge in [0.2, 0.25) is 0 Å². The molecule has 0 aromatic heterocycles. The monoisotopic (exact) mass is 332 g/mol. The van der Waals surface area contributed by atoms with E-state index in [9.17, 15) is 9.90 Å². The first-order chi connectivity index (χ1) is 7.68. The van der Waals surface area contributed by atoms with E-state index in [1.54, 1.807) is 17.0 Å². The fraction of sp³-hybridized carbons (Fsp3) is 0.364. The molecule has 1 aliphatic rings. The standard InChI is InChI=1S/C11H13IN2O2/c12-9-2-1-8(7-10(9)15)11(16)14-5-3-13-4-6-14/h1-2,7,13,15H,3-6H2. The average molecular weight is 332 g/mol. The van der Waals surface area contributed by atoms with Crippen LogP contribution in [0.4, 0.5) is 0 Å². The molecule has 1 aromatic rings. The number of hydrogen-bond acceptors (Lipinski definition) is 3. The van der Waals surface area contributed by atoms with Crippen molar-refractivity contribution in [3.63, 3.8) is 0 Å². The summed E-state index contributed by atoms with van der Waals surface area (Å²) in [5.74, 6) is 0.162. The molecule has 16 heavy (non-hydrogen) atoms. The lowest BCUT2D eigenvalue weighted by molar-refractivity contribution is 0.0735. The van der Waals surface area contributed by atoms with E-state index in [1.807, 2.05) is 22.6 Å². The van der Waals surface area contributed by atoms with E-state index in [0.717, 1.165) is 29.7 Å². The first kappa shape index (κ1) is 11.7. The number of amides is 1. The number of rotatable bonds is 1. The predicted molar refractivity (Wildman–Crippen MR) is 69.6 cm³/mol. The molecule has 5 heteroatoms. The molecule has 1 aromatic carbocycles. The molecule has 0 saturated carbocycles. The van der Waals surface area contributed by atoms with Crippen LogP contribution in [0.5, 0.6) is 5.75 Å². The Hall–Kier alpha value is -0.820. The van der Waals surface area contributed by atoms with Gasteiger partial charge in [-0.3, -0.25) is 4.79 Å². The Morgan fingerprint density at radius 3 is 2.69 bits per heavy atom. The summed E-state index contributed by atoms with van der Waals surface area (Å²) in [5, 5.41) is 12.8. The van der Waals surface area contributed by atoms with Crippen LogP contribution in [0.1, 0.15) is 10.4 Å². The lowest BCUT2D eigenvalue weighted by Gasteiger charge is -2.27. The van der Waals surface area contributed by atoms with E-state index in [2.05, 4.69) is 5.32 Å². The van der Waals surface area contributed by atoms with Gasteiger partial charge in [0.1, 0.15) is 5.75 Å². The van der Waals surface area contributed by atoms with Crippen LogP contribution in [-0.4, -0.2) is 42.1 Å². The van der Waals surface area contributed by atoms with Gasteiger partial charge in [-0.15, -0.1) is 0 Å². The van der Waals surface area contributed by atoms with E-state index in [0.29, 0.717) is 5.56 Å². The minimum Gasteiger partial charge on any atom is -0.507 e. The van der Waals surface area contributed by atoms with Crippen molar-refractivity contribution in [3.05, 3.63) is 27.3 Å². The number of benzene rings is 1. The Labute approximate surface area is 108 Å². The average Bonchev–Trinajstić information content (AvgIpc) is 2.33. The molecule has 4 nitrogen and oxygen atoms in total. The zero-order chi connectivity index (χ0) is 11.5. The second kappa shape index (κ2) is 5.01. The zero-order valence-electron chi connectivity index (χ0n) is 8.74. The molecule has 86 valence electrons. The van der Waals surface area contributed by atoms with Crippen LogP contribution in [0.15, 0.2) is 18.2 Å². The van der Waals surface area contributed by atoms with Crippen LogP contribution in [0, 0.1) is 3.57 Å². The smallest absolute Gasteiger partial charge is 0.254 e. The molecular weight excluding hydrogens is 319 g/mol. The second-order valence-corrected chi connectivity index (χ2v) is 4.87. The molecule has 0 aliphatic carbocycles. The number of carbonyl (C=O) groups is 1. The first-order valence-corrected chi connectivity index (χ1v) is 6.25. The second-order valence-electron chi connectivity index (χ2n) is 3.71. The summed E-state index contributed by atoms with van der Waals surface area (Å²) in [7, 11) is 0. The molecule has 0 radical (unpaired) electrons. The van der Waals surface area contributed by atoms with Gasteiger partial charge in [0.15, 0.2) is 0 Å². The van der Waals surface area contributed by atoms with E-state index < -0.39 is 0 Å². The minimum atomic E-state index is -0.00630. The van der Waals surface area contributed by atoms with Gasteiger partial charge in [-0.05, 0) is 40.8 Å². The van der Waals surface area contributed by atoms with Gasteiger partial charge in [-0.25, -0.2) is 0 Å². The van der Waals surface area contributed by atoms with Gasteiger partial charge in [0.25, 0.3) is 5.91 Å². The molecule has 1 saturated heterocycles. The van der Waals surface area contributed by atoms with Crippen LogP contribution in [0.2, 0.25) is 0 Å². The molecule has 0 atom stereocenters. The SMILES string of the molecule is O=C(c1ccc(I)c(O)c1)N1CCNCC1. The topological polar surface area (TPSA) is 52.6 Å². The molecule has 2 N–H and O–H groups in total. The highest BCUT2D eigenvalue weighted by molar-refractivity contribution is 14.1. The Balaban J connectivity index is 2.16. The third kappa shape index (κ3) is 2.46. The van der Waals surface area contributed by atoms with E-state index in [-0.39, 0.29) is 11.7 Å². The quantitative estimate of drug-likeness (QED) is 0.756. The molecule has 1 fully saturated rings. The summed E-state index contributed by atoms with van der Waals surface area (Å²) in [6.45, 7) is 3.13. The number of carbonyl (C=O) groups excluding carboxylic acids is 1. The number of piperazine rings is 1. The Bertz CT molecular complexity index is 403. The molecule has 1 amide bonds. The van der Waals surface area contributed by atoms with Gasteiger partial charge >= 0.3 is 0 Å². The molecule has 0 spiro atoms. The maximum atomic E-state index is 12.0. The van der Waals surface area contributed by atoms with Crippen molar-refractivity contribution in [3.8, 4) is 5.75 Å². The van der Waals surface area contributed by atoms with Crippen molar-refractivity contribution in [2.24, 2.45) is 0 Å². The number of aromatic hydroxyl groups is 1. The Kier molecular flexibility index (Phi) is 3.65. The van der Waals surface area contributed by atoms with Crippen LogP contribution in [-0.2, 0) is 0 Å². The van der Waals surface area contributed by atoms with Crippen LogP contribution < -0.4 is 5.32 Å². The van der Waals surface area contributed by atoms with Gasteiger partial charge in [-0.1, -0.05) is 0 Å². The molecular formula is C11H13IN2O2. The largest absolute Gasteiger partial charge is 0.507 e.